The summed E-state index contributed by atoms with van der Waals surface area (Å²) in [5.41, 5.74) is 6.26. The third-order valence-corrected chi connectivity index (χ3v) is 5.91. The number of anilines is 1. The predicted molar refractivity (Wildman–Crippen MR) is 118 cm³/mol. The summed E-state index contributed by atoms with van der Waals surface area (Å²) in [5, 5.41) is 0. The first-order valence-corrected chi connectivity index (χ1v) is 10.6. The second-order valence-electron chi connectivity index (χ2n) is 8.03. The number of hydrogen-bond donors (Lipinski definition) is 0. The summed E-state index contributed by atoms with van der Waals surface area (Å²) in [7, 11) is 1.63. The highest BCUT2D eigenvalue weighted by Crippen LogP contribution is 2.38. The molecule has 2 aromatic rings. The molecule has 0 saturated carbocycles. The molecule has 0 aliphatic carbocycles. The van der Waals surface area contributed by atoms with Gasteiger partial charge >= 0.3 is 0 Å². The maximum atomic E-state index is 13.5. The number of imide groups is 1. The molecule has 2 aliphatic heterocycles. The van der Waals surface area contributed by atoms with Crippen LogP contribution in [0.15, 0.2) is 48.2 Å². The lowest BCUT2D eigenvalue weighted by molar-refractivity contribution is -0.137. The third-order valence-electron chi connectivity index (χ3n) is 5.91. The van der Waals surface area contributed by atoms with Crippen LogP contribution in [-0.2, 0) is 20.7 Å². The molecule has 0 atom stereocenters. The summed E-state index contributed by atoms with van der Waals surface area (Å²) in [5.74, 6) is -0.413. The first kappa shape index (κ1) is 20.4. The predicted octanol–water partition coefficient (Wildman–Crippen LogP) is 3.87. The first-order chi connectivity index (χ1) is 14.5. The molecule has 2 heterocycles. The molecule has 2 amide bonds. The minimum absolute atomic E-state index is 0.206. The second kappa shape index (κ2) is 8.44. The molecule has 5 nitrogen and oxygen atoms in total. The highest BCUT2D eigenvalue weighted by atomic mass is 16.5. The van der Waals surface area contributed by atoms with Gasteiger partial charge in [0, 0.05) is 32.5 Å². The number of ether oxygens (including phenoxy) is 1. The van der Waals surface area contributed by atoms with Crippen molar-refractivity contribution in [3.05, 3.63) is 70.4 Å². The van der Waals surface area contributed by atoms with Gasteiger partial charge in [0.2, 0.25) is 0 Å². The van der Waals surface area contributed by atoms with Crippen LogP contribution in [0.1, 0.15) is 35.1 Å². The number of benzene rings is 2. The minimum atomic E-state index is -0.207. The molecule has 0 aromatic heterocycles. The summed E-state index contributed by atoms with van der Waals surface area (Å²) in [6.45, 7) is 5.64. The third kappa shape index (κ3) is 3.54. The van der Waals surface area contributed by atoms with E-state index < -0.39 is 0 Å². The first-order valence-electron chi connectivity index (χ1n) is 10.6. The molecule has 30 heavy (non-hydrogen) atoms. The van der Waals surface area contributed by atoms with Crippen molar-refractivity contribution in [2.24, 2.45) is 0 Å². The van der Waals surface area contributed by atoms with Gasteiger partial charge in [0.25, 0.3) is 11.8 Å². The maximum absolute atomic E-state index is 13.5. The van der Waals surface area contributed by atoms with Crippen molar-refractivity contribution in [2.75, 3.05) is 31.7 Å². The summed E-state index contributed by atoms with van der Waals surface area (Å²) in [6.07, 6.45) is 2.56. The average molecular weight is 405 g/mol. The van der Waals surface area contributed by atoms with Crippen LogP contribution in [0.5, 0.6) is 0 Å². The molecule has 2 aliphatic rings. The number of hydrogen-bond acceptors (Lipinski definition) is 4. The van der Waals surface area contributed by atoms with Crippen molar-refractivity contribution in [1.29, 1.82) is 0 Å². The lowest BCUT2D eigenvalue weighted by Crippen LogP contribution is -2.37. The van der Waals surface area contributed by atoms with E-state index in [2.05, 4.69) is 17.0 Å². The Hall–Kier alpha value is -2.92. The van der Waals surface area contributed by atoms with E-state index in [-0.39, 0.29) is 11.8 Å². The molecular formula is C25H28N2O3. The van der Waals surface area contributed by atoms with E-state index in [0.717, 1.165) is 41.8 Å². The molecular weight excluding hydrogens is 376 g/mol. The highest BCUT2D eigenvalue weighted by molar-refractivity contribution is 6.37. The van der Waals surface area contributed by atoms with Crippen molar-refractivity contribution in [2.45, 2.75) is 33.1 Å². The Labute approximate surface area is 177 Å². The molecule has 0 radical (unpaired) electrons. The van der Waals surface area contributed by atoms with Crippen LogP contribution in [-0.4, -0.2) is 43.5 Å². The van der Waals surface area contributed by atoms with Crippen LogP contribution >= 0.6 is 0 Å². The topological polar surface area (TPSA) is 49.9 Å². The summed E-state index contributed by atoms with van der Waals surface area (Å²) in [6, 6.07) is 14.2. The number of amides is 2. The van der Waals surface area contributed by atoms with Gasteiger partial charge in [-0.25, -0.2) is 0 Å². The fraction of sp³-hybridized carbons (Fsp3) is 0.360. The number of para-hydroxylation sites is 1. The van der Waals surface area contributed by atoms with Crippen LogP contribution in [0.3, 0.4) is 0 Å². The van der Waals surface area contributed by atoms with Gasteiger partial charge in [-0.2, -0.15) is 0 Å². The van der Waals surface area contributed by atoms with Gasteiger partial charge in [-0.1, -0.05) is 42.0 Å². The summed E-state index contributed by atoms with van der Waals surface area (Å²) >= 11 is 0. The smallest absolute Gasteiger partial charge is 0.278 e. The molecule has 4 rings (SSSR count). The Morgan fingerprint density at radius 1 is 1.03 bits per heavy atom. The van der Waals surface area contributed by atoms with Gasteiger partial charge in [-0.3, -0.25) is 14.5 Å². The molecule has 0 spiro atoms. The molecule has 0 fully saturated rings. The van der Waals surface area contributed by atoms with E-state index in [4.69, 9.17) is 4.74 Å². The Bertz CT molecular complexity index is 1020. The fourth-order valence-corrected chi connectivity index (χ4v) is 4.49. The number of methoxy groups -OCH3 is 1. The zero-order chi connectivity index (χ0) is 21.3. The van der Waals surface area contributed by atoms with E-state index in [1.54, 1.807) is 7.11 Å². The summed E-state index contributed by atoms with van der Waals surface area (Å²) in [4.78, 5) is 30.5. The van der Waals surface area contributed by atoms with Gasteiger partial charge in [-0.15, -0.1) is 0 Å². The van der Waals surface area contributed by atoms with E-state index in [0.29, 0.717) is 30.8 Å². The highest BCUT2D eigenvalue weighted by Gasteiger charge is 2.42. The Morgan fingerprint density at radius 3 is 2.60 bits per heavy atom. The molecule has 156 valence electrons. The number of carbonyl (C=O) groups is 2. The Kier molecular flexibility index (Phi) is 5.73. The Morgan fingerprint density at radius 2 is 1.83 bits per heavy atom. The number of carbonyl (C=O) groups excluding carboxylic acids is 2. The molecule has 0 N–H and O–H groups in total. The van der Waals surface area contributed by atoms with E-state index >= 15 is 0 Å². The quantitative estimate of drug-likeness (QED) is 0.542. The lowest BCUT2D eigenvalue weighted by atomic mass is 9.95. The Balaban J connectivity index is 1.85. The monoisotopic (exact) mass is 404 g/mol. The fourth-order valence-electron chi connectivity index (χ4n) is 4.49. The van der Waals surface area contributed by atoms with Gasteiger partial charge in [0.05, 0.1) is 5.57 Å². The van der Waals surface area contributed by atoms with Crippen molar-refractivity contribution in [3.63, 3.8) is 0 Å². The molecule has 2 aromatic carbocycles. The average Bonchev–Trinajstić information content (AvgIpc) is 2.98. The van der Waals surface area contributed by atoms with Crippen LogP contribution in [0.2, 0.25) is 0 Å². The molecule has 0 saturated heterocycles. The van der Waals surface area contributed by atoms with Crippen molar-refractivity contribution in [3.8, 4) is 0 Å². The molecule has 0 unspecified atom stereocenters. The van der Waals surface area contributed by atoms with Gasteiger partial charge < -0.3 is 9.64 Å². The van der Waals surface area contributed by atoms with Gasteiger partial charge in [0.15, 0.2) is 0 Å². The van der Waals surface area contributed by atoms with E-state index in [9.17, 15) is 9.59 Å². The summed E-state index contributed by atoms with van der Waals surface area (Å²) < 4.78 is 5.13. The van der Waals surface area contributed by atoms with Gasteiger partial charge in [-0.05, 0) is 55.9 Å². The molecule has 5 heteroatoms. The number of nitrogens with zero attached hydrogens (tertiary/aromatic N) is 2. The van der Waals surface area contributed by atoms with Crippen LogP contribution in [0.4, 0.5) is 5.69 Å². The number of fused-ring (bicyclic) bond motifs is 1. The zero-order valence-corrected chi connectivity index (χ0v) is 17.9. The van der Waals surface area contributed by atoms with Crippen molar-refractivity contribution in [1.82, 2.24) is 4.90 Å². The number of rotatable bonds is 6. The van der Waals surface area contributed by atoms with Crippen molar-refractivity contribution < 1.29 is 14.3 Å². The van der Waals surface area contributed by atoms with Crippen LogP contribution in [0, 0.1) is 13.8 Å². The van der Waals surface area contributed by atoms with Crippen LogP contribution < -0.4 is 4.90 Å². The standard InChI is InChI=1S/C25H28N2O3/c1-17-11-12-20(18(2)16-17)22-23(25(29)27(24(22)28)14-7-15-30-3)26-13-6-9-19-8-4-5-10-21(19)26/h4-5,8,10-12,16H,6-7,9,13-15H2,1-3H3. The SMILES string of the molecule is COCCCN1C(=O)C(c2ccc(C)cc2C)=C(N2CCCc3ccccc32)C1=O. The lowest BCUT2D eigenvalue weighted by Gasteiger charge is -2.32. The van der Waals surface area contributed by atoms with E-state index in [1.165, 1.54) is 10.5 Å². The van der Waals surface area contributed by atoms with Crippen LogP contribution in [0.25, 0.3) is 5.57 Å². The number of aryl methyl sites for hydroxylation is 3. The van der Waals surface area contributed by atoms with E-state index in [1.807, 2.05) is 44.2 Å². The van der Waals surface area contributed by atoms with Crippen molar-refractivity contribution >= 4 is 23.1 Å². The molecule has 0 bridgehead atoms. The zero-order valence-electron chi connectivity index (χ0n) is 17.9. The normalized spacial score (nSPS) is 16.5. The minimum Gasteiger partial charge on any atom is -0.385 e. The van der Waals surface area contributed by atoms with Gasteiger partial charge in [0.1, 0.15) is 5.70 Å². The second-order valence-corrected chi connectivity index (χ2v) is 8.03. The maximum Gasteiger partial charge on any atom is 0.278 e. The largest absolute Gasteiger partial charge is 0.385 e.